The highest BCUT2D eigenvalue weighted by Crippen LogP contribution is 2.50. The predicted molar refractivity (Wildman–Crippen MR) is 57.9 cm³/mol. The number of carbonyl (C=O) groups is 1. The van der Waals surface area contributed by atoms with Crippen LogP contribution < -0.4 is 4.74 Å². The summed E-state index contributed by atoms with van der Waals surface area (Å²) in [5, 5.41) is 18.9. The number of phenols is 1. The first kappa shape index (κ1) is 10.8. The number of hydrogen-bond acceptors (Lipinski definition) is 3. The Kier molecular flexibility index (Phi) is 2.30. The molecule has 0 unspecified atom stereocenters. The summed E-state index contributed by atoms with van der Waals surface area (Å²) in [4.78, 5) is 11.1. The number of aryl methyl sites for hydroxylation is 1. The minimum absolute atomic E-state index is 0.00465. The predicted octanol–water partition coefficient (Wildman–Crippen LogP) is 1.83. The molecular formula is C12H14O4. The lowest BCUT2D eigenvalue weighted by Crippen LogP contribution is -2.19. The van der Waals surface area contributed by atoms with Gasteiger partial charge in [-0.15, -0.1) is 0 Å². The summed E-state index contributed by atoms with van der Waals surface area (Å²) in [7, 11) is 1.48. The van der Waals surface area contributed by atoms with E-state index in [1.165, 1.54) is 13.2 Å². The molecule has 0 saturated heterocycles. The summed E-state index contributed by atoms with van der Waals surface area (Å²) in [5.41, 5.74) is 0.634. The number of carboxylic acids is 1. The molecule has 1 saturated carbocycles. The van der Waals surface area contributed by atoms with Crippen molar-refractivity contribution in [2.75, 3.05) is 7.11 Å². The van der Waals surface area contributed by atoms with Crippen molar-refractivity contribution in [2.24, 2.45) is 0 Å². The molecule has 0 amide bonds. The number of ether oxygens (including phenoxy) is 1. The summed E-state index contributed by atoms with van der Waals surface area (Å²) in [6.45, 7) is 1.79. The summed E-state index contributed by atoms with van der Waals surface area (Å²) >= 11 is 0. The summed E-state index contributed by atoms with van der Waals surface area (Å²) in [6.07, 6.45) is 1.26. The largest absolute Gasteiger partial charge is 0.504 e. The maximum Gasteiger partial charge on any atom is 0.314 e. The van der Waals surface area contributed by atoms with Crippen molar-refractivity contribution in [2.45, 2.75) is 25.2 Å². The molecule has 2 rings (SSSR count). The van der Waals surface area contributed by atoms with Crippen LogP contribution in [0.5, 0.6) is 11.5 Å². The van der Waals surface area contributed by atoms with Gasteiger partial charge in [0.15, 0.2) is 11.5 Å². The van der Waals surface area contributed by atoms with Crippen molar-refractivity contribution < 1.29 is 19.7 Å². The Labute approximate surface area is 93.5 Å². The number of aliphatic carboxylic acids is 1. The average molecular weight is 222 g/mol. The van der Waals surface area contributed by atoms with Gasteiger partial charge in [-0.1, -0.05) is 6.07 Å². The first-order valence-electron chi connectivity index (χ1n) is 5.13. The fourth-order valence-electron chi connectivity index (χ4n) is 2.05. The molecule has 4 heteroatoms. The van der Waals surface area contributed by atoms with Crippen LogP contribution in [0.1, 0.15) is 24.0 Å². The Morgan fingerprint density at radius 2 is 2.06 bits per heavy atom. The molecule has 0 spiro atoms. The topological polar surface area (TPSA) is 66.8 Å². The van der Waals surface area contributed by atoms with Gasteiger partial charge in [0.05, 0.1) is 12.5 Å². The van der Waals surface area contributed by atoms with E-state index in [0.717, 1.165) is 5.56 Å². The zero-order valence-electron chi connectivity index (χ0n) is 9.28. The van der Waals surface area contributed by atoms with Crippen LogP contribution in [0.3, 0.4) is 0 Å². The smallest absolute Gasteiger partial charge is 0.314 e. The first-order valence-corrected chi connectivity index (χ1v) is 5.13. The van der Waals surface area contributed by atoms with Gasteiger partial charge in [0.2, 0.25) is 0 Å². The quantitative estimate of drug-likeness (QED) is 0.818. The molecule has 1 aromatic carbocycles. The number of phenolic OH excluding ortho intramolecular Hbond substituents is 1. The summed E-state index contributed by atoms with van der Waals surface area (Å²) < 4.78 is 5.03. The number of hydrogen-bond donors (Lipinski definition) is 2. The van der Waals surface area contributed by atoms with Crippen LogP contribution in [0.15, 0.2) is 12.1 Å². The molecular weight excluding hydrogens is 208 g/mol. The van der Waals surface area contributed by atoms with Crippen molar-refractivity contribution in [3.05, 3.63) is 23.3 Å². The van der Waals surface area contributed by atoms with Gasteiger partial charge < -0.3 is 14.9 Å². The molecule has 0 aliphatic heterocycles. The molecule has 0 bridgehead atoms. The van der Waals surface area contributed by atoms with Crippen molar-refractivity contribution in [1.29, 1.82) is 0 Å². The second kappa shape index (κ2) is 3.40. The molecule has 0 radical (unpaired) electrons. The number of aromatic hydroxyl groups is 1. The Hall–Kier alpha value is -1.71. The molecule has 0 atom stereocenters. The number of methoxy groups -OCH3 is 1. The Morgan fingerprint density at radius 3 is 2.44 bits per heavy atom. The van der Waals surface area contributed by atoms with Crippen LogP contribution >= 0.6 is 0 Å². The van der Waals surface area contributed by atoms with E-state index in [4.69, 9.17) is 9.84 Å². The van der Waals surface area contributed by atoms with Crippen molar-refractivity contribution in [3.8, 4) is 11.5 Å². The molecule has 16 heavy (non-hydrogen) atoms. The highest BCUT2D eigenvalue weighted by molar-refractivity contribution is 5.85. The molecule has 1 aliphatic rings. The maximum absolute atomic E-state index is 11.1. The standard InChI is InChI=1S/C12H14O4/c1-7-5-8(6-9(13)10(7)16-2)12(3-4-12)11(14)15/h5-6,13H,3-4H2,1-2H3,(H,14,15). The van der Waals surface area contributed by atoms with Crippen LogP contribution in [0.4, 0.5) is 0 Å². The first-order chi connectivity index (χ1) is 7.51. The van der Waals surface area contributed by atoms with E-state index in [2.05, 4.69) is 0 Å². The lowest BCUT2D eigenvalue weighted by molar-refractivity contribution is -0.140. The van der Waals surface area contributed by atoms with Crippen LogP contribution in [0, 0.1) is 6.92 Å². The highest BCUT2D eigenvalue weighted by Gasteiger charge is 2.52. The highest BCUT2D eigenvalue weighted by atomic mass is 16.5. The molecule has 1 aliphatic carbocycles. The molecule has 0 heterocycles. The third-order valence-corrected chi connectivity index (χ3v) is 3.17. The fraction of sp³-hybridized carbons (Fsp3) is 0.417. The van der Waals surface area contributed by atoms with Crippen molar-refractivity contribution in [1.82, 2.24) is 0 Å². The SMILES string of the molecule is COc1c(C)cc(C2(C(=O)O)CC2)cc1O. The lowest BCUT2D eigenvalue weighted by atomic mass is 9.94. The van der Waals surface area contributed by atoms with E-state index in [1.807, 2.05) is 0 Å². The number of rotatable bonds is 3. The third kappa shape index (κ3) is 1.41. The Morgan fingerprint density at radius 1 is 1.44 bits per heavy atom. The zero-order chi connectivity index (χ0) is 11.9. The minimum atomic E-state index is -0.823. The van der Waals surface area contributed by atoms with E-state index >= 15 is 0 Å². The van der Waals surface area contributed by atoms with E-state index in [-0.39, 0.29) is 5.75 Å². The summed E-state index contributed by atoms with van der Waals surface area (Å²) in [6, 6.07) is 3.27. The summed E-state index contributed by atoms with van der Waals surface area (Å²) in [5.74, 6) is -0.411. The second-order valence-corrected chi connectivity index (χ2v) is 4.23. The molecule has 4 nitrogen and oxygen atoms in total. The van der Waals surface area contributed by atoms with Crippen LogP contribution in [0.25, 0.3) is 0 Å². The van der Waals surface area contributed by atoms with Crippen LogP contribution in [-0.2, 0) is 10.2 Å². The molecule has 0 aromatic heterocycles. The minimum Gasteiger partial charge on any atom is -0.504 e. The van der Waals surface area contributed by atoms with E-state index in [0.29, 0.717) is 24.2 Å². The maximum atomic E-state index is 11.1. The van der Waals surface area contributed by atoms with E-state index < -0.39 is 11.4 Å². The van der Waals surface area contributed by atoms with Crippen molar-refractivity contribution >= 4 is 5.97 Å². The van der Waals surface area contributed by atoms with Gasteiger partial charge in [0, 0.05) is 0 Å². The van der Waals surface area contributed by atoms with Gasteiger partial charge in [-0.3, -0.25) is 4.79 Å². The average Bonchev–Trinajstić information content (AvgIpc) is 2.97. The van der Waals surface area contributed by atoms with Gasteiger partial charge >= 0.3 is 5.97 Å². The molecule has 1 fully saturated rings. The van der Waals surface area contributed by atoms with E-state index in [1.54, 1.807) is 13.0 Å². The van der Waals surface area contributed by atoms with Gasteiger partial charge in [-0.25, -0.2) is 0 Å². The zero-order valence-corrected chi connectivity index (χ0v) is 9.28. The monoisotopic (exact) mass is 222 g/mol. The normalized spacial score (nSPS) is 16.9. The molecule has 2 N–H and O–H groups in total. The van der Waals surface area contributed by atoms with Crippen LogP contribution in [0.2, 0.25) is 0 Å². The van der Waals surface area contributed by atoms with Gasteiger partial charge in [-0.2, -0.15) is 0 Å². The molecule has 1 aromatic rings. The van der Waals surface area contributed by atoms with Crippen molar-refractivity contribution in [3.63, 3.8) is 0 Å². The van der Waals surface area contributed by atoms with Gasteiger partial charge in [-0.05, 0) is 37.0 Å². The van der Waals surface area contributed by atoms with Gasteiger partial charge in [0.1, 0.15) is 0 Å². The third-order valence-electron chi connectivity index (χ3n) is 3.17. The van der Waals surface area contributed by atoms with Crippen LogP contribution in [-0.4, -0.2) is 23.3 Å². The fourth-order valence-corrected chi connectivity index (χ4v) is 2.05. The Bertz CT molecular complexity index is 423. The second-order valence-electron chi connectivity index (χ2n) is 4.23. The lowest BCUT2D eigenvalue weighted by Gasteiger charge is -2.14. The van der Waals surface area contributed by atoms with Gasteiger partial charge in [0.25, 0.3) is 0 Å². The number of benzene rings is 1. The van der Waals surface area contributed by atoms with E-state index in [9.17, 15) is 9.90 Å². The molecule has 86 valence electrons. The Balaban J connectivity index is 2.49. The number of carboxylic acid groups (broad SMARTS) is 1.